The molecule has 0 aliphatic carbocycles. The van der Waals surface area contributed by atoms with Crippen molar-refractivity contribution < 1.29 is 32.2 Å². The van der Waals surface area contributed by atoms with Gasteiger partial charge >= 0.3 is 0 Å². The molecule has 1 heterocycles. The fourth-order valence-corrected chi connectivity index (χ4v) is 4.72. The van der Waals surface area contributed by atoms with Crippen molar-refractivity contribution >= 4 is 21.6 Å². The van der Waals surface area contributed by atoms with Crippen LogP contribution in [0, 0.1) is 0 Å². The van der Waals surface area contributed by atoms with Gasteiger partial charge in [0.15, 0.2) is 23.0 Å². The van der Waals surface area contributed by atoms with Crippen LogP contribution in [0.15, 0.2) is 65.6 Å². The van der Waals surface area contributed by atoms with Crippen LogP contribution in [-0.4, -0.2) is 53.8 Å². The van der Waals surface area contributed by atoms with Gasteiger partial charge in [-0.15, -0.1) is 0 Å². The molecule has 9 nitrogen and oxygen atoms in total. The van der Waals surface area contributed by atoms with E-state index in [1.165, 1.54) is 12.1 Å². The topological polar surface area (TPSA) is 103 Å². The zero-order valence-corrected chi connectivity index (χ0v) is 20.4. The number of anilines is 1. The maximum Gasteiger partial charge on any atom is 0.261 e. The van der Waals surface area contributed by atoms with Gasteiger partial charge in [-0.25, -0.2) is 8.42 Å². The molecular weight excluding hydrogens is 472 g/mol. The highest BCUT2D eigenvalue weighted by Gasteiger charge is 2.20. The van der Waals surface area contributed by atoms with Gasteiger partial charge in [0, 0.05) is 25.2 Å². The highest BCUT2D eigenvalue weighted by molar-refractivity contribution is 7.92. The number of sulfonamides is 1. The van der Waals surface area contributed by atoms with E-state index in [1.54, 1.807) is 56.5 Å². The minimum atomic E-state index is -3.92. The van der Waals surface area contributed by atoms with Crippen molar-refractivity contribution in [3.63, 3.8) is 0 Å². The molecule has 0 atom stereocenters. The molecule has 1 N–H and O–H groups in total. The number of nitrogens with one attached hydrogen (secondary N) is 1. The largest absolute Gasteiger partial charge is 0.493 e. The van der Waals surface area contributed by atoms with E-state index in [2.05, 4.69) is 4.72 Å². The Hall–Kier alpha value is -3.92. The normalized spacial score (nSPS) is 12.2. The first-order valence-corrected chi connectivity index (χ1v) is 12.3. The molecule has 3 aromatic carbocycles. The molecule has 0 aromatic heterocycles. The molecule has 0 bridgehead atoms. The van der Waals surface area contributed by atoms with Gasteiger partial charge in [0.25, 0.3) is 15.9 Å². The van der Waals surface area contributed by atoms with Gasteiger partial charge in [-0.2, -0.15) is 0 Å². The smallest absolute Gasteiger partial charge is 0.261 e. The number of amides is 1. The van der Waals surface area contributed by atoms with Gasteiger partial charge in [-0.3, -0.25) is 9.52 Å². The van der Waals surface area contributed by atoms with Crippen LogP contribution in [0.5, 0.6) is 23.0 Å². The Labute approximate surface area is 204 Å². The standard InChI is InChI=1S/C25H26N2O7S/c1-27(12-11-17-7-9-21(31-2)23(13-17)32-3)25(28)18-5-4-6-20(14-18)35(29,30)26-19-8-10-22-24(15-19)34-16-33-22/h4-10,13-15,26H,11-12,16H2,1-3H3. The van der Waals surface area contributed by atoms with E-state index in [1.807, 2.05) is 18.2 Å². The number of ether oxygens (including phenoxy) is 4. The Balaban J connectivity index is 1.44. The number of rotatable bonds is 9. The van der Waals surface area contributed by atoms with Crippen LogP contribution < -0.4 is 23.7 Å². The van der Waals surface area contributed by atoms with Gasteiger partial charge < -0.3 is 23.8 Å². The van der Waals surface area contributed by atoms with Gasteiger partial charge in [0.05, 0.1) is 24.8 Å². The zero-order chi connectivity index (χ0) is 25.0. The lowest BCUT2D eigenvalue weighted by Gasteiger charge is -2.18. The summed E-state index contributed by atoms with van der Waals surface area (Å²) in [6.07, 6.45) is 0.590. The Kier molecular flexibility index (Phi) is 7.02. The first kappa shape index (κ1) is 24.2. The van der Waals surface area contributed by atoms with E-state index >= 15 is 0 Å². The molecule has 35 heavy (non-hydrogen) atoms. The number of carbonyl (C=O) groups is 1. The van der Waals surface area contributed by atoms with Crippen molar-refractivity contribution in [2.24, 2.45) is 0 Å². The number of benzene rings is 3. The second-order valence-corrected chi connectivity index (χ2v) is 9.55. The molecule has 0 fully saturated rings. The molecule has 10 heteroatoms. The van der Waals surface area contributed by atoms with Crippen molar-refractivity contribution in [3.8, 4) is 23.0 Å². The first-order chi connectivity index (χ1) is 16.8. The van der Waals surface area contributed by atoms with Gasteiger partial charge in [0.1, 0.15) is 0 Å². The Morgan fingerprint density at radius 1 is 0.971 bits per heavy atom. The van der Waals surface area contributed by atoms with Gasteiger partial charge in [-0.05, 0) is 54.4 Å². The van der Waals surface area contributed by atoms with Gasteiger partial charge in [-0.1, -0.05) is 12.1 Å². The summed E-state index contributed by atoms with van der Waals surface area (Å²) < 4.78 is 49.5. The van der Waals surface area contributed by atoms with Crippen LogP contribution in [0.3, 0.4) is 0 Å². The van der Waals surface area contributed by atoms with Crippen LogP contribution in [-0.2, 0) is 16.4 Å². The second kappa shape index (κ2) is 10.1. The molecule has 3 aromatic rings. The quantitative estimate of drug-likeness (QED) is 0.481. The van der Waals surface area contributed by atoms with Crippen LogP contribution in [0.1, 0.15) is 15.9 Å². The van der Waals surface area contributed by atoms with E-state index in [4.69, 9.17) is 18.9 Å². The summed E-state index contributed by atoms with van der Waals surface area (Å²) in [6.45, 7) is 0.524. The lowest BCUT2D eigenvalue weighted by molar-refractivity contribution is 0.0796. The van der Waals surface area contributed by atoms with E-state index < -0.39 is 10.0 Å². The third-order valence-corrected chi connectivity index (χ3v) is 6.93. The summed E-state index contributed by atoms with van der Waals surface area (Å²) in [5.41, 5.74) is 1.58. The van der Waals surface area contributed by atoms with Crippen LogP contribution in [0.4, 0.5) is 5.69 Å². The monoisotopic (exact) mass is 498 g/mol. The van der Waals surface area contributed by atoms with Gasteiger partial charge in [0.2, 0.25) is 6.79 Å². The third kappa shape index (κ3) is 5.43. The minimum absolute atomic E-state index is 0.0192. The molecular formula is C25H26N2O7S. The second-order valence-electron chi connectivity index (χ2n) is 7.87. The molecule has 1 amide bonds. The van der Waals surface area contributed by atoms with Crippen LogP contribution >= 0.6 is 0 Å². The summed E-state index contributed by atoms with van der Waals surface area (Å²) in [4.78, 5) is 14.5. The van der Waals surface area contributed by atoms with E-state index in [0.29, 0.717) is 41.7 Å². The van der Waals surface area contributed by atoms with Crippen LogP contribution in [0.2, 0.25) is 0 Å². The number of nitrogens with zero attached hydrogens (tertiary/aromatic N) is 1. The maximum absolute atomic E-state index is 13.0. The molecule has 0 saturated heterocycles. The van der Waals surface area contributed by atoms with E-state index in [9.17, 15) is 13.2 Å². The molecule has 184 valence electrons. The highest BCUT2D eigenvalue weighted by Crippen LogP contribution is 2.35. The number of fused-ring (bicyclic) bond motifs is 1. The van der Waals surface area contributed by atoms with Crippen molar-refractivity contribution in [1.82, 2.24) is 4.90 Å². The molecule has 0 unspecified atom stereocenters. The fourth-order valence-electron chi connectivity index (χ4n) is 3.63. The van der Waals surface area contributed by atoms with Crippen molar-refractivity contribution in [1.29, 1.82) is 0 Å². The van der Waals surface area contributed by atoms with Crippen molar-refractivity contribution in [2.75, 3.05) is 39.3 Å². The Bertz CT molecular complexity index is 1340. The average molecular weight is 499 g/mol. The molecule has 4 rings (SSSR count). The lowest BCUT2D eigenvalue weighted by atomic mass is 10.1. The van der Waals surface area contributed by atoms with Crippen molar-refractivity contribution in [2.45, 2.75) is 11.3 Å². The predicted octanol–water partition coefficient (Wildman–Crippen LogP) is 3.55. The molecule has 1 aliphatic heterocycles. The minimum Gasteiger partial charge on any atom is -0.493 e. The zero-order valence-electron chi connectivity index (χ0n) is 19.6. The summed E-state index contributed by atoms with van der Waals surface area (Å²) >= 11 is 0. The first-order valence-electron chi connectivity index (χ1n) is 10.8. The number of hydrogen-bond acceptors (Lipinski definition) is 7. The molecule has 0 radical (unpaired) electrons. The summed E-state index contributed by atoms with van der Waals surface area (Å²) in [6, 6.07) is 16.3. The highest BCUT2D eigenvalue weighted by atomic mass is 32.2. The van der Waals surface area contributed by atoms with Crippen molar-refractivity contribution in [3.05, 3.63) is 71.8 Å². The summed E-state index contributed by atoms with van der Waals surface area (Å²) in [7, 11) is 0.892. The molecule has 1 aliphatic rings. The Morgan fingerprint density at radius 2 is 1.74 bits per heavy atom. The fraction of sp³-hybridized carbons (Fsp3) is 0.240. The lowest BCUT2D eigenvalue weighted by Crippen LogP contribution is -2.29. The number of likely N-dealkylation sites (N-methyl/N-ethyl adjacent to an activating group) is 1. The SMILES string of the molecule is COc1ccc(CCN(C)C(=O)c2cccc(S(=O)(=O)Nc3ccc4c(c3)OCO4)c2)cc1OC. The van der Waals surface area contributed by atoms with Crippen LogP contribution in [0.25, 0.3) is 0 Å². The molecule has 0 spiro atoms. The third-order valence-electron chi connectivity index (χ3n) is 5.55. The van der Waals surface area contributed by atoms with E-state index in [-0.39, 0.29) is 23.2 Å². The number of carbonyl (C=O) groups excluding carboxylic acids is 1. The molecule has 0 saturated carbocycles. The summed E-state index contributed by atoms with van der Waals surface area (Å²) in [5, 5.41) is 0. The van der Waals surface area contributed by atoms with E-state index in [0.717, 1.165) is 5.56 Å². The maximum atomic E-state index is 13.0. The summed E-state index contributed by atoms with van der Waals surface area (Å²) in [5.74, 6) is 1.98. The Morgan fingerprint density at radius 3 is 2.51 bits per heavy atom. The number of methoxy groups -OCH3 is 2. The average Bonchev–Trinajstić information content (AvgIpc) is 3.34. The number of hydrogen-bond donors (Lipinski definition) is 1. The predicted molar refractivity (Wildman–Crippen MR) is 130 cm³/mol.